The number of nitrogens with zero attached hydrogens (tertiary/aromatic N) is 3. The second kappa shape index (κ2) is 9.30. The van der Waals surface area contributed by atoms with Crippen molar-refractivity contribution in [3.8, 4) is 22.6 Å². The van der Waals surface area contributed by atoms with E-state index in [1.807, 2.05) is 80.5 Å². The van der Waals surface area contributed by atoms with Crippen LogP contribution < -0.4 is 10.3 Å². The van der Waals surface area contributed by atoms with Crippen LogP contribution in [0.3, 0.4) is 0 Å². The Labute approximate surface area is 193 Å². The predicted molar refractivity (Wildman–Crippen MR) is 131 cm³/mol. The van der Waals surface area contributed by atoms with Crippen LogP contribution in [0.1, 0.15) is 23.2 Å². The number of anilines is 1. The number of aryl methyl sites for hydroxylation is 1. The molecule has 2 aromatic heterocycles. The third-order valence-electron chi connectivity index (χ3n) is 5.58. The van der Waals surface area contributed by atoms with Gasteiger partial charge in [0.2, 0.25) is 5.43 Å². The lowest BCUT2D eigenvalue weighted by atomic mass is 10.0. The third-order valence-corrected chi connectivity index (χ3v) is 5.58. The SMILES string of the molecule is Cc1cccc(C(O)Cc2cc(=O)c(O)cn2-c2cccc(-c3cccc(N(C)C)c3)c2)n1. The van der Waals surface area contributed by atoms with Gasteiger partial charge in [0.1, 0.15) is 6.10 Å². The van der Waals surface area contributed by atoms with Crippen LogP contribution >= 0.6 is 0 Å². The van der Waals surface area contributed by atoms with Crippen molar-refractivity contribution >= 4 is 5.69 Å². The molecule has 0 fully saturated rings. The first kappa shape index (κ1) is 22.3. The molecule has 0 spiro atoms. The molecule has 33 heavy (non-hydrogen) atoms. The summed E-state index contributed by atoms with van der Waals surface area (Å²) in [6.07, 6.45) is 0.690. The molecule has 4 aromatic rings. The summed E-state index contributed by atoms with van der Waals surface area (Å²) in [4.78, 5) is 18.7. The van der Waals surface area contributed by atoms with E-state index < -0.39 is 11.5 Å². The minimum absolute atomic E-state index is 0.173. The minimum Gasteiger partial charge on any atom is -0.503 e. The fraction of sp³-hybridized carbons (Fsp3) is 0.185. The van der Waals surface area contributed by atoms with Crippen LogP contribution in [0.25, 0.3) is 16.8 Å². The molecule has 2 heterocycles. The molecule has 1 atom stereocenters. The Hall–Kier alpha value is -3.90. The molecule has 0 bridgehead atoms. The zero-order valence-electron chi connectivity index (χ0n) is 18.9. The van der Waals surface area contributed by atoms with E-state index in [4.69, 9.17) is 0 Å². The van der Waals surface area contributed by atoms with Gasteiger partial charge >= 0.3 is 0 Å². The Morgan fingerprint density at radius 3 is 2.39 bits per heavy atom. The highest BCUT2D eigenvalue weighted by Crippen LogP contribution is 2.27. The van der Waals surface area contributed by atoms with E-state index >= 15 is 0 Å². The van der Waals surface area contributed by atoms with Gasteiger partial charge < -0.3 is 19.7 Å². The van der Waals surface area contributed by atoms with Crippen molar-refractivity contribution in [3.05, 3.63) is 106 Å². The first-order valence-corrected chi connectivity index (χ1v) is 10.8. The van der Waals surface area contributed by atoms with Crippen LogP contribution in [-0.4, -0.2) is 33.9 Å². The second-order valence-electron chi connectivity index (χ2n) is 8.30. The number of aromatic hydroxyl groups is 1. The number of aromatic nitrogens is 2. The first-order chi connectivity index (χ1) is 15.8. The van der Waals surface area contributed by atoms with Gasteiger partial charge in [-0.2, -0.15) is 0 Å². The number of rotatable bonds is 6. The highest BCUT2D eigenvalue weighted by molar-refractivity contribution is 5.70. The Kier molecular flexibility index (Phi) is 6.29. The van der Waals surface area contributed by atoms with Gasteiger partial charge in [0.05, 0.1) is 11.9 Å². The summed E-state index contributed by atoms with van der Waals surface area (Å²) in [5, 5.41) is 20.9. The summed E-state index contributed by atoms with van der Waals surface area (Å²) in [6, 6.07) is 22.9. The molecule has 6 heteroatoms. The largest absolute Gasteiger partial charge is 0.503 e. The van der Waals surface area contributed by atoms with Crippen LogP contribution in [0.5, 0.6) is 5.75 Å². The molecule has 1 unspecified atom stereocenters. The van der Waals surface area contributed by atoms with E-state index in [-0.39, 0.29) is 12.2 Å². The number of aliphatic hydroxyl groups is 1. The lowest BCUT2D eigenvalue weighted by molar-refractivity contribution is 0.171. The minimum atomic E-state index is -0.889. The van der Waals surface area contributed by atoms with E-state index in [0.29, 0.717) is 11.4 Å². The molecular weight excluding hydrogens is 414 g/mol. The molecule has 2 aromatic carbocycles. The Bertz CT molecular complexity index is 1340. The summed E-state index contributed by atoms with van der Waals surface area (Å²) >= 11 is 0. The lowest BCUT2D eigenvalue weighted by Gasteiger charge is -2.18. The second-order valence-corrected chi connectivity index (χ2v) is 8.30. The molecule has 0 saturated heterocycles. The van der Waals surface area contributed by atoms with Gasteiger partial charge in [-0.15, -0.1) is 0 Å². The fourth-order valence-electron chi connectivity index (χ4n) is 3.81. The van der Waals surface area contributed by atoms with Crippen molar-refractivity contribution in [3.63, 3.8) is 0 Å². The van der Waals surface area contributed by atoms with Crippen LogP contribution in [0.2, 0.25) is 0 Å². The van der Waals surface area contributed by atoms with Crippen molar-refractivity contribution in [2.24, 2.45) is 0 Å². The average molecular weight is 442 g/mol. The molecule has 0 radical (unpaired) electrons. The van der Waals surface area contributed by atoms with Crippen LogP contribution in [0.4, 0.5) is 5.69 Å². The van der Waals surface area contributed by atoms with Crippen molar-refractivity contribution in [2.45, 2.75) is 19.4 Å². The molecule has 0 aliphatic heterocycles. The van der Waals surface area contributed by atoms with Gasteiger partial charge in [0.15, 0.2) is 5.75 Å². The molecule has 2 N–H and O–H groups in total. The van der Waals surface area contributed by atoms with Gasteiger partial charge in [0.25, 0.3) is 0 Å². The predicted octanol–water partition coefficient (Wildman–Crippen LogP) is 4.26. The van der Waals surface area contributed by atoms with E-state index in [9.17, 15) is 15.0 Å². The summed E-state index contributed by atoms with van der Waals surface area (Å²) in [6.45, 7) is 1.86. The number of hydrogen-bond acceptors (Lipinski definition) is 5. The van der Waals surface area contributed by atoms with Crippen molar-refractivity contribution in [1.82, 2.24) is 9.55 Å². The summed E-state index contributed by atoms with van der Waals surface area (Å²) in [5.74, 6) is -0.345. The van der Waals surface area contributed by atoms with Gasteiger partial charge in [0, 0.05) is 49.3 Å². The Morgan fingerprint density at radius 2 is 1.67 bits per heavy atom. The molecule has 168 valence electrons. The smallest absolute Gasteiger partial charge is 0.223 e. The number of hydrogen-bond donors (Lipinski definition) is 2. The maximum Gasteiger partial charge on any atom is 0.223 e. The topological polar surface area (TPSA) is 78.6 Å². The summed E-state index contributed by atoms with van der Waals surface area (Å²) in [5.41, 5.74) is 5.36. The highest BCUT2D eigenvalue weighted by Gasteiger charge is 2.16. The maximum atomic E-state index is 12.2. The fourth-order valence-corrected chi connectivity index (χ4v) is 3.81. The first-order valence-electron chi connectivity index (χ1n) is 10.8. The summed E-state index contributed by atoms with van der Waals surface area (Å²) in [7, 11) is 4.00. The van der Waals surface area contributed by atoms with Gasteiger partial charge in [-0.25, -0.2) is 0 Å². The van der Waals surface area contributed by atoms with Gasteiger partial charge in [-0.05, 0) is 54.4 Å². The van der Waals surface area contributed by atoms with E-state index in [1.54, 1.807) is 10.6 Å². The molecule has 0 aliphatic rings. The third kappa shape index (κ3) is 4.96. The lowest BCUT2D eigenvalue weighted by Crippen LogP contribution is -2.15. The molecular formula is C27H27N3O3. The standard InChI is InChI=1S/C27H27N3O3/c1-18-7-4-12-24(28-18)25(31)15-23-16-26(32)27(33)17-30(23)22-11-6-9-20(14-22)19-8-5-10-21(13-19)29(2)3/h4-14,16-17,25,31,33H,15H2,1-3H3. The summed E-state index contributed by atoms with van der Waals surface area (Å²) < 4.78 is 1.75. The molecule has 6 nitrogen and oxygen atoms in total. The number of pyridine rings is 2. The van der Waals surface area contributed by atoms with E-state index in [2.05, 4.69) is 11.1 Å². The quantitative estimate of drug-likeness (QED) is 0.468. The van der Waals surface area contributed by atoms with Crippen LogP contribution in [0, 0.1) is 6.92 Å². The number of benzene rings is 2. The molecule has 0 amide bonds. The number of aliphatic hydroxyl groups excluding tert-OH is 1. The Balaban J connectivity index is 1.75. The molecule has 0 saturated carbocycles. The van der Waals surface area contributed by atoms with Crippen LogP contribution in [0.15, 0.2) is 83.8 Å². The van der Waals surface area contributed by atoms with Crippen LogP contribution in [-0.2, 0) is 6.42 Å². The normalized spacial score (nSPS) is 11.9. The van der Waals surface area contributed by atoms with E-state index in [1.165, 1.54) is 12.3 Å². The van der Waals surface area contributed by atoms with E-state index in [0.717, 1.165) is 28.2 Å². The molecule has 4 rings (SSSR count). The maximum absolute atomic E-state index is 12.2. The van der Waals surface area contributed by atoms with Crippen molar-refractivity contribution < 1.29 is 10.2 Å². The van der Waals surface area contributed by atoms with Crippen molar-refractivity contribution in [2.75, 3.05) is 19.0 Å². The zero-order valence-corrected chi connectivity index (χ0v) is 18.9. The van der Waals surface area contributed by atoms with Crippen molar-refractivity contribution in [1.29, 1.82) is 0 Å². The average Bonchev–Trinajstić information content (AvgIpc) is 2.81. The monoisotopic (exact) mass is 441 g/mol. The molecule has 0 aliphatic carbocycles. The van der Waals surface area contributed by atoms with Gasteiger partial charge in [-0.1, -0.05) is 30.3 Å². The van der Waals surface area contributed by atoms with Gasteiger partial charge in [-0.3, -0.25) is 9.78 Å². The highest BCUT2D eigenvalue weighted by atomic mass is 16.3. The Morgan fingerprint density at radius 1 is 0.970 bits per heavy atom. The zero-order chi connectivity index (χ0) is 23.5.